The molecule has 0 spiro atoms. The topological polar surface area (TPSA) is 131 Å². The number of para-hydroxylation sites is 1. The smallest absolute Gasteiger partial charge is 0.408 e. The number of anilines is 1. The highest BCUT2D eigenvalue weighted by atomic mass is 16.6. The van der Waals surface area contributed by atoms with E-state index >= 15 is 0 Å². The third-order valence-corrected chi connectivity index (χ3v) is 5.98. The van der Waals surface area contributed by atoms with Crippen molar-refractivity contribution in [2.45, 2.75) is 70.7 Å². The van der Waals surface area contributed by atoms with Crippen molar-refractivity contribution in [3.8, 4) is 0 Å². The van der Waals surface area contributed by atoms with Gasteiger partial charge in [-0.3, -0.25) is 14.4 Å². The predicted molar refractivity (Wildman–Crippen MR) is 146 cm³/mol. The Bertz CT molecular complexity index is 1220. The molecule has 38 heavy (non-hydrogen) atoms. The van der Waals surface area contributed by atoms with Crippen LogP contribution in [-0.2, 0) is 19.1 Å². The first-order chi connectivity index (χ1) is 17.9. The van der Waals surface area contributed by atoms with Gasteiger partial charge < -0.3 is 26.0 Å². The van der Waals surface area contributed by atoms with E-state index in [9.17, 15) is 19.2 Å². The van der Waals surface area contributed by atoms with Gasteiger partial charge in [-0.25, -0.2) is 4.79 Å². The molecule has 0 radical (unpaired) electrons. The molecule has 0 aliphatic heterocycles. The van der Waals surface area contributed by atoms with Gasteiger partial charge in [0.2, 0.25) is 11.8 Å². The molecule has 9 nitrogen and oxygen atoms in total. The second-order valence-corrected chi connectivity index (χ2v) is 10.4. The van der Waals surface area contributed by atoms with Gasteiger partial charge in [0, 0.05) is 11.7 Å². The second-order valence-electron chi connectivity index (χ2n) is 10.4. The van der Waals surface area contributed by atoms with Crippen LogP contribution in [0, 0.1) is 6.92 Å². The van der Waals surface area contributed by atoms with Crippen molar-refractivity contribution in [3.63, 3.8) is 0 Å². The number of nitrogens with zero attached hydrogens (tertiary/aromatic N) is 1. The van der Waals surface area contributed by atoms with Gasteiger partial charge in [-0.15, -0.1) is 0 Å². The van der Waals surface area contributed by atoms with Crippen molar-refractivity contribution in [3.05, 3.63) is 71.8 Å². The van der Waals surface area contributed by atoms with Gasteiger partial charge in [-0.1, -0.05) is 49.1 Å². The number of primary amides is 1. The van der Waals surface area contributed by atoms with Crippen LogP contribution in [-0.4, -0.2) is 46.4 Å². The molecular formula is C29H36N4O5. The lowest BCUT2D eigenvalue weighted by Gasteiger charge is -2.34. The Balaban J connectivity index is 2.03. The molecule has 0 heterocycles. The van der Waals surface area contributed by atoms with Gasteiger partial charge in [-0.2, -0.15) is 0 Å². The number of hydrogen-bond acceptors (Lipinski definition) is 5. The summed E-state index contributed by atoms with van der Waals surface area (Å²) in [6.45, 7) is 10.7. The quantitative estimate of drug-likeness (QED) is 0.435. The Morgan fingerprint density at radius 2 is 1.82 bits per heavy atom. The molecule has 0 saturated heterocycles. The van der Waals surface area contributed by atoms with Crippen LogP contribution in [0.25, 0.3) is 6.08 Å². The summed E-state index contributed by atoms with van der Waals surface area (Å²) in [5.41, 5.74) is 7.45. The Kier molecular flexibility index (Phi) is 8.93. The van der Waals surface area contributed by atoms with Crippen molar-refractivity contribution >= 4 is 35.6 Å². The molecule has 1 aliphatic rings. The summed E-state index contributed by atoms with van der Waals surface area (Å²) in [6, 6.07) is 11.9. The van der Waals surface area contributed by atoms with Gasteiger partial charge in [0.15, 0.2) is 0 Å². The van der Waals surface area contributed by atoms with E-state index in [0.29, 0.717) is 24.1 Å². The summed E-state index contributed by atoms with van der Waals surface area (Å²) in [7, 11) is 0. The van der Waals surface area contributed by atoms with Crippen molar-refractivity contribution in [2.75, 3.05) is 5.32 Å². The molecule has 9 heteroatoms. The van der Waals surface area contributed by atoms with Crippen LogP contribution in [0.2, 0.25) is 0 Å². The summed E-state index contributed by atoms with van der Waals surface area (Å²) in [5.74, 6) is -1.79. The zero-order valence-electron chi connectivity index (χ0n) is 22.3. The number of carbonyl (C=O) groups is 4. The molecule has 2 aromatic carbocycles. The molecule has 4 N–H and O–H groups in total. The van der Waals surface area contributed by atoms with Crippen LogP contribution in [0.5, 0.6) is 0 Å². The minimum Gasteiger partial charge on any atom is -0.444 e. The summed E-state index contributed by atoms with van der Waals surface area (Å²) in [5, 5.41) is 5.45. The Hall–Kier alpha value is -4.14. The van der Waals surface area contributed by atoms with Gasteiger partial charge in [0.05, 0.1) is 6.42 Å². The van der Waals surface area contributed by atoms with Crippen LogP contribution >= 0.6 is 0 Å². The summed E-state index contributed by atoms with van der Waals surface area (Å²) in [6.07, 6.45) is 1.71. The van der Waals surface area contributed by atoms with Crippen LogP contribution in [0.3, 0.4) is 0 Å². The third kappa shape index (κ3) is 7.68. The lowest BCUT2D eigenvalue weighted by Crippen LogP contribution is -2.54. The van der Waals surface area contributed by atoms with E-state index in [1.54, 1.807) is 51.1 Å². The number of alkyl carbamates (subject to hydrolysis) is 1. The average Bonchev–Trinajstić information content (AvgIpc) is 3.66. The maximum Gasteiger partial charge on any atom is 0.408 e. The number of amides is 4. The van der Waals surface area contributed by atoms with E-state index in [0.717, 1.165) is 11.1 Å². The van der Waals surface area contributed by atoms with Crippen molar-refractivity contribution < 1.29 is 23.9 Å². The second kappa shape index (κ2) is 11.9. The first-order valence-electron chi connectivity index (χ1n) is 12.6. The number of nitrogens with one attached hydrogen (secondary N) is 2. The van der Waals surface area contributed by atoms with Gasteiger partial charge >= 0.3 is 6.09 Å². The summed E-state index contributed by atoms with van der Waals surface area (Å²) in [4.78, 5) is 53.8. The van der Waals surface area contributed by atoms with E-state index in [1.165, 1.54) is 4.90 Å². The lowest BCUT2D eigenvalue weighted by atomic mass is 9.99. The number of hydrogen-bond donors (Lipinski definition) is 3. The molecule has 2 atom stereocenters. The number of carbonyl (C=O) groups excluding carboxylic acids is 4. The highest BCUT2D eigenvalue weighted by molar-refractivity contribution is 6.00. The maximum atomic E-state index is 14.0. The largest absolute Gasteiger partial charge is 0.444 e. The first kappa shape index (κ1) is 28.4. The third-order valence-electron chi connectivity index (χ3n) is 5.98. The van der Waals surface area contributed by atoms with Crippen LogP contribution in [0.15, 0.2) is 55.1 Å². The lowest BCUT2D eigenvalue weighted by molar-refractivity contribution is -0.142. The standard InChI is InChI=1S/C29H36N4O5/c1-6-19-11-9-12-20(16-19)25(26(35)31-22-13-8-7-10-18(22)2)33(21-14-15-21)27(36)23(17-24(30)34)32-28(37)38-29(3,4)5/h6-13,16,21,23,25H,1,14-15,17H2,2-5H3,(H2,30,34)(H,31,35)(H,32,37). The summed E-state index contributed by atoms with van der Waals surface area (Å²) < 4.78 is 5.31. The zero-order chi connectivity index (χ0) is 28.0. The molecule has 3 rings (SSSR count). The fraction of sp³-hybridized carbons (Fsp3) is 0.379. The molecule has 0 aromatic heterocycles. The van der Waals surface area contributed by atoms with Gasteiger partial charge in [0.25, 0.3) is 5.91 Å². The molecule has 1 saturated carbocycles. The Morgan fingerprint density at radius 3 is 2.39 bits per heavy atom. The highest BCUT2D eigenvalue weighted by Crippen LogP contribution is 2.37. The fourth-order valence-electron chi connectivity index (χ4n) is 4.11. The molecule has 4 amide bonds. The molecule has 2 aromatic rings. The number of rotatable bonds is 10. The molecule has 202 valence electrons. The number of ether oxygens (including phenoxy) is 1. The fourth-order valence-corrected chi connectivity index (χ4v) is 4.11. The normalized spacial score (nSPS) is 14.5. The molecule has 2 unspecified atom stereocenters. The van der Waals surface area contributed by atoms with E-state index in [2.05, 4.69) is 17.2 Å². The van der Waals surface area contributed by atoms with E-state index in [4.69, 9.17) is 10.5 Å². The van der Waals surface area contributed by atoms with Gasteiger partial charge in [0.1, 0.15) is 17.7 Å². The Morgan fingerprint density at radius 1 is 1.13 bits per heavy atom. The van der Waals surface area contributed by atoms with Crippen molar-refractivity contribution in [2.24, 2.45) is 5.73 Å². The predicted octanol–water partition coefficient (Wildman–Crippen LogP) is 4.08. The first-order valence-corrected chi connectivity index (χ1v) is 12.6. The summed E-state index contributed by atoms with van der Waals surface area (Å²) >= 11 is 0. The average molecular weight is 521 g/mol. The number of benzene rings is 2. The minimum absolute atomic E-state index is 0.252. The van der Waals surface area contributed by atoms with E-state index in [1.807, 2.05) is 31.2 Å². The van der Waals surface area contributed by atoms with Crippen LogP contribution in [0.1, 0.15) is 62.8 Å². The van der Waals surface area contributed by atoms with E-state index < -0.39 is 47.9 Å². The highest BCUT2D eigenvalue weighted by Gasteiger charge is 2.44. The zero-order valence-corrected chi connectivity index (χ0v) is 22.3. The Labute approximate surface area is 223 Å². The van der Waals surface area contributed by atoms with Crippen LogP contribution < -0.4 is 16.4 Å². The SMILES string of the molecule is C=Cc1cccc(C(C(=O)Nc2ccccc2C)N(C(=O)C(CC(N)=O)NC(=O)OC(C)(C)C)C2CC2)c1. The van der Waals surface area contributed by atoms with Crippen molar-refractivity contribution in [1.29, 1.82) is 0 Å². The minimum atomic E-state index is -1.31. The number of nitrogens with two attached hydrogens (primary N) is 1. The monoisotopic (exact) mass is 520 g/mol. The number of aryl methyl sites for hydroxylation is 1. The van der Waals surface area contributed by atoms with Gasteiger partial charge in [-0.05, 0) is 69.4 Å². The molecule has 1 fully saturated rings. The van der Waals surface area contributed by atoms with Crippen molar-refractivity contribution in [1.82, 2.24) is 10.2 Å². The van der Waals surface area contributed by atoms with Crippen LogP contribution in [0.4, 0.5) is 10.5 Å². The maximum absolute atomic E-state index is 14.0. The van der Waals surface area contributed by atoms with E-state index in [-0.39, 0.29) is 6.04 Å². The molecular weight excluding hydrogens is 484 g/mol. The molecule has 1 aliphatic carbocycles. The molecule has 0 bridgehead atoms.